The molecule has 1 aromatic carbocycles. The van der Waals surface area contributed by atoms with Gasteiger partial charge in [-0.05, 0) is 17.7 Å². The van der Waals surface area contributed by atoms with E-state index in [-0.39, 0.29) is 20.8 Å². The van der Waals surface area contributed by atoms with E-state index in [1.165, 1.54) is 6.07 Å². The van der Waals surface area contributed by atoms with Gasteiger partial charge in [0.25, 0.3) is 11.6 Å². The Labute approximate surface area is 114 Å². The highest BCUT2D eigenvalue weighted by Gasteiger charge is 2.16. The fourth-order valence-electron chi connectivity index (χ4n) is 1.21. The number of hydrogen-bond donors (Lipinski definition) is 2. The third kappa shape index (κ3) is 2.95. The van der Waals surface area contributed by atoms with Crippen LogP contribution < -0.4 is 5.32 Å². The summed E-state index contributed by atoms with van der Waals surface area (Å²) in [4.78, 5) is 21.5. The second-order valence-electron chi connectivity index (χ2n) is 3.27. The topological polar surface area (TPSA) is 118 Å². The number of hydrogen-bond acceptors (Lipinski definition) is 7. The fraction of sp³-hybridized carbons (Fsp3) is 0. The van der Waals surface area contributed by atoms with Crippen LogP contribution in [0.5, 0.6) is 5.75 Å². The number of phenols is 1. The molecule has 1 amide bonds. The number of nitro groups is 1. The minimum absolute atomic E-state index is 0.0164. The van der Waals surface area contributed by atoms with Gasteiger partial charge in [0.05, 0.1) is 16.7 Å². The Morgan fingerprint density at radius 2 is 2.21 bits per heavy atom. The molecule has 2 rings (SSSR count). The van der Waals surface area contributed by atoms with Gasteiger partial charge in [-0.3, -0.25) is 14.9 Å². The molecule has 0 aliphatic rings. The van der Waals surface area contributed by atoms with Crippen molar-refractivity contribution in [2.24, 2.45) is 0 Å². The Bertz CT molecular complexity index is 659. The van der Waals surface area contributed by atoms with Crippen LogP contribution in [0.15, 0.2) is 18.2 Å². The number of nitrogens with one attached hydrogen (secondary N) is 1. The molecule has 0 unspecified atom stereocenters. The van der Waals surface area contributed by atoms with E-state index in [1.54, 1.807) is 0 Å². The van der Waals surface area contributed by atoms with Gasteiger partial charge in [-0.2, -0.15) is 0 Å². The maximum atomic E-state index is 11.7. The smallest absolute Gasteiger partial charge is 0.286 e. The lowest BCUT2D eigenvalue weighted by Crippen LogP contribution is -2.11. The van der Waals surface area contributed by atoms with Crippen LogP contribution in [-0.2, 0) is 0 Å². The van der Waals surface area contributed by atoms with Crippen molar-refractivity contribution in [2.45, 2.75) is 0 Å². The number of phenolic OH excluding ortho intramolecular Hbond substituents is 1. The van der Waals surface area contributed by atoms with Crippen LogP contribution in [-0.4, -0.2) is 26.1 Å². The van der Waals surface area contributed by atoms with Crippen LogP contribution in [0.4, 0.5) is 11.4 Å². The Morgan fingerprint density at radius 1 is 1.47 bits per heavy atom. The molecular formula is C9H5ClN4O4S. The zero-order valence-corrected chi connectivity index (χ0v) is 10.6. The minimum atomic E-state index is -0.657. The van der Waals surface area contributed by atoms with E-state index in [2.05, 4.69) is 15.5 Å². The van der Waals surface area contributed by atoms with Crippen LogP contribution in [0.3, 0.4) is 0 Å². The van der Waals surface area contributed by atoms with Crippen LogP contribution >= 0.6 is 22.9 Å². The zero-order valence-electron chi connectivity index (χ0n) is 9.03. The molecule has 19 heavy (non-hydrogen) atoms. The molecule has 0 bridgehead atoms. The minimum Gasteiger partial charge on any atom is -0.506 e. The molecule has 0 atom stereocenters. The maximum Gasteiger partial charge on any atom is 0.286 e. The van der Waals surface area contributed by atoms with Crippen molar-refractivity contribution in [1.82, 2.24) is 10.2 Å². The number of nitro benzene ring substituents is 1. The molecule has 0 radical (unpaired) electrons. The third-order valence-electron chi connectivity index (χ3n) is 2.03. The molecule has 0 saturated heterocycles. The van der Waals surface area contributed by atoms with Gasteiger partial charge in [0.2, 0.25) is 9.47 Å². The van der Waals surface area contributed by atoms with E-state index in [4.69, 9.17) is 11.6 Å². The van der Waals surface area contributed by atoms with Gasteiger partial charge < -0.3 is 10.4 Å². The van der Waals surface area contributed by atoms with Crippen LogP contribution in [0.1, 0.15) is 9.80 Å². The molecule has 0 aliphatic heterocycles. The van der Waals surface area contributed by atoms with Crippen molar-refractivity contribution in [3.05, 3.63) is 37.8 Å². The number of rotatable bonds is 3. The highest BCUT2D eigenvalue weighted by Crippen LogP contribution is 2.28. The summed E-state index contributed by atoms with van der Waals surface area (Å²) in [5.74, 6) is -1.04. The number of nitrogens with zero attached hydrogens (tertiary/aromatic N) is 3. The normalized spacial score (nSPS) is 10.2. The lowest BCUT2D eigenvalue weighted by molar-refractivity contribution is -0.384. The molecule has 1 aromatic heterocycles. The number of halogens is 1. The molecule has 1 heterocycles. The number of non-ortho nitro benzene ring substituents is 1. The summed E-state index contributed by atoms with van der Waals surface area (Å²) in [5, 5.41) is 29.4. The monoisotopic (exact) mass is 300 g/mol. The van der Waals surface area contributed by atoms with E-state index in [0.717, 1.165) is 23.5 Å². The lowest BCUT2D eigenvalue weighted by Gasteiger charge is -2.04. The number of aromatic nitrogens is 2. The standard InChI is InChI=1S/C9H5ClN4O4S/c10-9-13-12-8(19-9)7(16)11-5-2-1-4(14(17)18)3-6(5)15/h1-3,15H,(H,11,16). The summed E-state index contributed by atoms with van der Waals surface area (Å²) in [6.07, 6.45) is 0. The van der Waals surface area contributed by atoms with Gasteiger partial charge in [-0.15, -0.1) is 10.2 Å². The lowest BCUT2D eigenvalue weighted by atomic mass is 10.2. The van der Waals surface area contributed by atoms with E-state index in [0.29, 0.717) is 0 Å². The Hall–Kier alpha value is -2.26. The van der Waals surface area contributed by atoms with E-state index >= 15 is 0 Å². The number of carbonyl (C=O) groups excluding carboxylic acids is 1. The molecular weight excluding hydrogens is 296 g/mol. The number of benzene rings is 1. The first kappa shape index (κ1) is 13.2. The first-order valence-electron chi connectivity index (χ1n) is 4.75. The molecule has 2 N–H and O–H groups in total. The van der Waals surface area contributed by atoms with E-state index < -0.39 is 16.6 Å². The van der Waals surface area contributed by atoms with Gasteiger partial charge >= 0.3 is 0 Å². The zero-order chi connectivity index (χ0) is 14.0. The molecule has 0 saturated carbocycles. The number of aromatic hydroxyl groups is 1. The third-order valence-corrected chi connectivity index (χ3v) is 3.05. The van der Waals surface area contributed by atoms with Gasteiger partial charge in [-0.1, -0.05) is 11.3 Å². The summed E-state index contributed by atoms with van der Waals surface area (Å²) >= 11 is 6.41. The van der Waals surface area contributed by atoms with Gasteiger partial charge in [0.1, 0.15) is 5.75 Å². The Balaban J connectivity index is 2.20. The second kappa shape index (κ2) is 5.16. The van der Waals surface area contributed by atoms with Crippen molar-refractivity contribution < 1.29 is 14.8 Å². The van der Waals surface area contributed by atoms with Gasteiger partial charge in [-0.25, -0.2) is 0 Å². The van der Waals surface area contributed by atoms with Crippen molar-refractivity contribution >= 4 is 40.2 Å². The van der Waals surface area contributed by atoms with Crippen LogP contribution in [0.25, 0.3) is 0 Å². The molecule has 0 spiro atoms. The first-order chi connectivity index (χ1) is 8.97. The van der Waals surface area contributed by atoms with Crippen molar-refractivity contribution in [1.29, 1.82) is 0 Å². The molecule has 8 nitrogen and oxygen atoms in total. The summed E-state index contributed by atoms with van der Waals surface area (Å²) < 4.78 is 0.109. The van der Waals surface area contributed by atoms with Gasteiger partial charge in [0, 0.05) is 6.07 Å². The SMILES string of the molecule is O=C(Nc1ccc([N+](=O)[O-])cc1O)c1nnc(Cl)s1. The predicted molar refractivity (Wildman–Crippen MR) is 67.6 cm³/mol. The summed E-state index contributed by atoms with van der Waals surface area (Å²) in [5.41, 5.74) is -0.253. The second-order valence-corrected chi connectivity index (χ2v) is 4.83. The molecule has 10 heteroatoms. The molecule has 98 valence electrons. The van der Waals surface area contributed by atoms with Crippen LogP contribution in [0.2, 0.25) is 4.47 Å². The van der Waals surface area contributed by atoms with Crippen LogP contribution in [0, 0.1) is 10.1 Å². The molecule has 0 aliphatic carbocycles. The number of amides is 1. The fourth-order valence-corrected chi connectivity index (χ4v) is 1.94. The quantitative estimate of drug-likeness (QED) is 0.509. The van der Waals surface area contributed by atoms with E-state index in [9.17, 15) is 20.0 Å². The van der Waals surface area contributed by atoms with Crippen molar-refractivity contribution in [3.63, 3.8) is 0 Å². The Morgan fingerprint density at radius 3 is 2.74 bits per heavy atom. The number of anilines is 1. The van der Waals surface area contributed by atoms with Crippen molar-refractivity contribution in [3.8, 4) is 5.75 Å². The Kier molecular flexibility index (Phi) is 3.58. The summed E-state index contributed by atoms with van der Waals surface area (Å²) in [7, 11) is 0. The van der Waals surface area contributed by atoms with E-state index in [1.807, 2.05) is 0 Å². The summed E-state index contributed by atoms with van der Waals surface area (Å²) in [6.45, 7) is 0. The highest BCUT2D eigenvalue weighted by molar-refractivity contribution is 7.17. The largest absolute Gasteiger partial charge is 0.506 e. The number of carbonyl (C=O) groups is 1. The molecule has 2 aromatic rings. The first-order valence-corrected chi connectivity index (χ1v) is 5.94. The average molecular weight is 301 g/mol. The predicted octanol–water partition coefficient (Wildman–Crippen LogP) is 2.06. The summed E-state index contributed by atoms with van der Waals surface area (Å²) in [6, 6.07) is 3.30. The molecule has 0 fully saturated rings. The maximum absolute atomic E-state index is 11.7. The average Bonchev–Trinajstić information content (AvgIpc) is 2.78. The highest BCUT2D eigenvalue weighted by atomic mass is 35.5. The van der Waals surface area contributed by atoms with Crippen molar-refractivity contribution in [2.75, 3.05) is 5.32 Å². The van der Waals surface area contributed by atoms with Gasteiger partial charge in [0.15, 0.2) is 0 Å².